The van der Waals surface area contributed by atoms with Gasteiger partial charge < -0.3 is 5.32 Å². The lowest BCUT2D eigenvalue weighted by Gasteiger charge is -2.06. The maximum atomic E-state index is 13.3. The number of nitro benzene ring substituents is 1. The third-order valence-electron chi connectivity index (χ3n) is 2.82. The Morgan fingerprint density at radius 3 is 2.65 bits per heavy atom. The summed E-state index contributed by atoms with van der Waals surface area (Å²) in [6.45, 7) is 0.738. The lowest BCUT2D eigenvalue weighted by Crippen LogP contribution is -2.13. The molecule has 0 fully saturated rings. The fourth-order valence-corrected chi connectivity index (χ4v) is 1.95. The lowest BCUT2D eigenvalue weighted by atomic mass is 10.1. The number of rotatable bonds is 5. The van der Waals surface area contributed by atoms with Crippen LogP contribution < -0.4 is 5.32 Å². The first kappa shape index (κ1) is 14.4. The van der Waals surface area contributed by atoms with Crippen molar-refractivity contribution >= 4 is 17.3 Å². The normalized spacial score (nSPS) is 10.5. The van der Waals surface area contributed by atoms with Crippen molar-refractivity contribution < 1.29 is 9.31 Å². The Morgan fingerprint density at radius 1 is 1.20 bits per heavy atom. The molecule has 0 saturated heterocycles. The highest BCUT2D eigenvalue weighted by Crippen LogP contribution is 2.18. The van der Waals surface area contributed by atoms with Crippen molar-refractivity contribution in [1.82, 2.24) is 5.32 Å². The van der Waals surface area contributed by atoms with Gasteiger partial charge in [0.05, 0.1) is 9.95 Å². The molecule has 20 heavy (non-hydrogen) atoms. The molecule has 0 amide bonds. The zero-order valence-corrected chi connectivity index (χ0v) is 11.2. The van der Waals surface area contributed by atoms with Gasteiger partial charge in [-0.1, -0.05) is 35.9 Å². The monoisotopic (exact) mass is 294 g/mol. The zero-order chi connectivity index (χ0) is 14.5. The Balaban J connectivity index is 1.99. The van der Waals surface area contributed by atoms with E-state index in [9.17, 15) is 14.5 Å². The predicted molar refractivity (Wildman–Crippen MR) is 75.1 cm³/mol. The second-order valence-electron chi connectivity index (χ2n) is 4.24. The molecule has 0 aromatic heterocycles. The number of nitrogens with one attached hydrogen (secondary N) is 1. The van der Waals surface area contributed by atoms with Crippen molar-refractivity contribution in [3.63, 3.8) is 0 Å². The molecule has 2 rings (SSSR count). The molecule has 2 aromatic carbocycles. The average molecular weight is 295 g/mol. The maximum Gasteiger partial charge on any atom is 0.273 e. The molecule has 1 N–H and O–H groups in total. The summed E-state index contributed by atoms with van der Waals surface area (Å²) in [4.78, 5) is 10.4. The molecule has 104 valence electrons. The summed E-state index contributed by atoms with van der Waals surface area (Å²) >= 11 is 5.60. The molecule has 2 aromatic rings. The number of nitro groups is 1. The summed E-state index contributed by atoms with van der Waals surface area (Å²) in [5, 5.41) is 14.0. The maximum absolute atomic E-state index is 13.3. The van der Waals surface area contributed by atoms with Crippen LogP contribution >= 0.6 is 11.6 Å². The third-order valence-corrected chi connectivity index (χ3v) is 3.12. The van der Waals surface area contributed by atoms with Gasteiger partial charge in [-0.05, 0) is 17.7 Å². The van der Waals surface area contributed by atoms with E-state index >= 15 is 0 Å². The van der Waals surface area contributed by atoms with Gasteiger partial charge in [0, 0.05) is 24.7 Å². The summed E-state index contributed by atoms with van der Waals surface area (Å²) in [6, 6.07) is 11.0. The first-order valence-electron chi connectivity index (χ1n) is 5.95. The van der Waals surface area contributed by atoms with Gasteiger partial charge >= 0.3 is 0 Å². The molecule has 6 heteroatoms. The van der Waals surface area contributed by atoms with Crippen molar-refractivity contribution in [2.24, 2.45) is 0 Å². The van der Waals surface area contributed by atoms with E-state index in [0.717, 1.165) is 5.56 Å². The Morgan fingerprint density at radius 2 is 1.95 bits per heavy atom. The van der Waals surface area contributed by atoms with Crippen molar-refractivity contribution in [2.75, 3.05) is 0 Å². The van der Waals surface area contributed by atoms with E-state index in [2.05, 4.69) is 5.32 Å². The van der Waals surface area contributed by atoms with Gasteiger partial charge in [0.15, 0.2) is 0 Å². The molecule has 0 aliphatic rings. The van der Waals surface area contributed by atoms with E-state index < -0.39 is 10.7 Å². The van der Waals surface area contributed by atoms with Crippen molar-refractivity contribution in [2.45, 2.75) is 13.1 Å². The summed E-state index contributed by atoms with van der Waals surface area (Å²) in [5.74, 6) is -0.475. The minimum atomic E-state index is -0.475. The fourth-order valence-electron chi connectivity index (χ4n) is 1.83. The van der Waals surface area contributed by atoms with Crippen LogP contribution in [0.15, 0.2) is 42.5 Å². The van der Waals surface area contributed by atoms with Crippen LogP contribution in [0.1, 0.15) is 11.1 Å². The first-order valence-corrected chi connectivity index (χ1v) is 6.32. The molecule has 0 atom stereocenters. The Kier molecular flexibility index (Phi) is 4.65. The van der Waals surface area contributed by atoms with Gasteiger partial charge in [-0.2, -0.15) is 0 Å². The van der Waals surface area contributed by atoms with Crippen LogP contribution in [0.25, 0.3) is 0 Å². The van der Waals surface area contributed by atoms with Crippen molar-refractivity contribution in [3.05, 3.63) is 74.5 Å². The van der Waals surface area contributed by atoms with Gasteiger partial charge in [-0.3, -0.25) is 10.1 Å². The second-order valence-corrected chi connectivity index (χ2v) is 4.65. The fraction of sp³-hybridized carbons (Fsp3) is 0.143. The SMILES string of the molecule is O=[N+]([O-])c1ccccc1CNCc1ccc(Cl)c(F)c1. The highest BCUT2D eigenvalue weighted by atomic mass is 35.5. The Hall–Kier alpha value is -1.98. The van der Waals surface area contributed by atoms with Gasteiger partial charge in [0.25, 0.3) is 5.69 Å². The highest BCUT2D eigenvalue weighted by Gasteiger charge is 2.11. The number of hydrogen-bond acceptors (Lipinski definition) is 3. The topological polar surface area (TPSA) is 55.2 Å². The Bertz CT molecular complexity index is 634. The van der Waals surface area contributed by atoms with Gasteiger partial charge in [0.2, 0.25) is 0 Å². The largest absolute Gasteiger partial charge is 0.308 e. The van der Waals surface area contributed by atoms with E-state index in [-0.39, 0.29) is 10.7 Å². The third kappa shape index (κ3) is 3.53. The van der Waals surface area contributed by atoms with Crippen LogP contribution in [0.2, 0.25) is 5.02 Å². The minimum absolute atomic E-state index is 0.0716. The molecular formula is C14H12ClFN2O2. The summed E-state index contributed by atoms with van der Waals surface area (Å²) in [6.07, 6.45) is 0. The molecule has 0 heterocycles. The molecule has 0 saturated carbocycles. The quantitative estimate of drug-likeness (QED) is 0.676. The molecule has 0 aliphatic carbocycles. The van der Waals surface area contributed by atoms with Crippen LogP contribution in [-0.4, -0.2) is 4.92 Å². The van der Waals surface area contributed by atoms with E-state index in [0.29, 0.717) is 18.7 Å². The van der Waals surface area contributed by atoms with Crippen LogP contribution in [0.3, 0.4) is 0 Å². The molecule has 0 spiro atoms. The molecule has 0 aliphatic heterocycles. The van der Waals surface area contributed by atoms with E-state index in [1.807, 2.05) is 0 Å². The average Bonchev–Trinajstić information content (AvgIpc) is 2.43. The first-order chi connectivity index (χ1) is 9.58. The number of hydrogen-bond donors (Lipinski definition) is 1. The van der Waals surface area contributed by atoms with Gasteiger partial charge in [0.1, 0.15) is 5.82 Å². The smallest absolute Gasteiger partial charge is 0.273 e. The number of benzene rings is 2. The van der Waals surface area contributed by atoms with Crippen LogP contribution in [-0.2, 0) is 13.1 Å². The van der Waals surface area contributed by atoms with E-state index in [1.54, 1.807) is 24.3 Å². The van der Waals surface area contributed by atoms with Crippen molar-refractivity contribution in [1.29, 1.82) is 0 Å². The second kappa shape index (κ2) is 6.45. The molecule has 4 nitrogen and oxygen atoms in total. The molecule has 0 bridgehead atoms. The van der Waals surface area contributed by atoms with E-state index in [4.69, 9.17) is 11.6 Å². The molecule has 0 unspecified atom stereocenters. The standard InChI is InChI=1S/C14H12ClFN2O2/c15-12-6-5-10(7-13(12)16)8-17-9-11-3-1-2-4-14(11)18(19)20/h1-7,17H,8-9H2. The van der Waals surface area contributed by atoms with Crippen LogP contribution in [0.4, 0.5) is 10.1 Å². The van der Waals surface area contributed by atoms with Crippen LogP contribution in [0.5, 0.6) is 0 Å². The summed E-state index contributed by atoms with van der Waals surface area (Å²) < 4.78 is 13.3. The number of para-hydroxylation sites is 1. The Labute approximate surface area is 120 Å². The van der Waals surface area contributed by atoms with Crippen molar-refractivity contribution in [3.8, 4) is 0 Å². The van der Waals surface area contributed by atoms with Gasteiger partial charge in [-0.25, -0.2) is 4.39 Å². The number of halogens is 2. The lowest BCUT2D eigenvalue weighted by molar-refractivity contribution is -0.385. The molecular weight excluding hydrogens is 283 g/mol. The number of nitrogens with zero attached hydrogens (tertiary/aromatic N) is 1. The van der Waals surface area contributed by atoms with Gasteiger partial charge in [-0.15, -0.1) is 0 Å². The zero-order valence-electron chi connectivity index (χ0n) is 10.5. The summed E-state index contributed by atoms with van der Waals surface area (Å²) in [5.41, 5.74) is 1.39. The van der Waals surface area contributed by atoms with Crippen LogP contribution in [0, 0.1) is 15.9 Å². The molecule has 0 radical (unpaired) electrons. The highest BCUT2D eigenvalue weighted by molar-refractivity contribution is 6.30. The summed E-state index contributed by atoms with van der Waals surface area (Å²) in [7, 11) is 0. The minimum Gasteiger partial charge on any atom is -0.308 e. The predicted octanol–water partition coefficient (Wildman–Crippen LogP) is 3.68. The van der Waals surface area contributed by atoms with E-state index in [1.165, 1.54) is 18.2 Å².